The van der Waals surface area contributed by atoms with Crippen molar-refractivity contribution in [2.24, 2.45) is 0 Å². The molecule has 1 nitrogen and oxygen atoms in total. The van der Waals surface area contributed by atoms with Crippen LogP contribution in [0.5, 0.6) is 0 Å². The van der Waals surface area contributed by atoms with Crippen molar-refractivity contribution in [3.05, 3.63) is 63.4 Å². The molecule has 0 aliphatic rings. The molecule has 0 saturated carbocycles. The van der Waals surface area contributed by atoms with Crippen LogP contribution in [0.3, 0.4) is 0 Å². The minimum absolute atomic E-state index is 0.125. The lowest BCUT2D eigenvalue weighted by Gasteiger charge is -2.13. The molecule has 2 aromatic rings. The lowest BCUT2D eigenvalue weighted by atomic mass is 10.1. The van der Waals surface area contributed by atoms with Crippen molar-refractivity contribution in [3.8, 4) is 0 Å². The summed E-state index contributed by atoms with van der Waals surface area (Å²) in [6, 6.07) is 6.78. The molecule has 0 spiro atoms. The summed E-state index contributed by atoms with van der Waals surface area (Å²) in [5.74, 6) is -0.485. The molecule has 112 valence electrons. The Kier molecular flexibility index (Phi) is 4.64. The van der Waals surface area contributed by atoms with Gasteiger partial charge in [0, 0.05) is 11.6 Å². The predicted molar refractivity (Wildman–Crippen MR) is 75.2 cm³/mol. The van der Waals surface area contributed by atoms with Crippen LogP contribution in [0.4, 0.5) is 23.2 Å². The topological polar surface area (TPSA) is 12.0 Å². The molecule has 0 aliphatic carbocycles. The Morgan fingerprint density at radius 3 is 2.29 bits per heavy atom. The van der Waals surface area contributed by atoms with E-state index in [0.717, 1.165) is 18.2 Å². The van der Waals surface area contributed by atoms with Crippen LogP contribution in [-0.2, 0) is 12.7 Å². The highest BCUT2D eigenvalue weighted by atomic mass is 35.5. The third-order valence-corrected chi connectivity index (χ3v) is 3.46. The van der Waals surface area contributed by atoms with E-state index in [9.17, 15) is 17.6 Å². The number of nitrogens with one attached hydrogen (secondary N) is 1. The first kappa shape index (κ1) is 15.9. The zero-order valence-electron chi connectivity index (χ0n) is 10.4. The van der Waals surface area contributed by atoms with E-state index in [1.165, 1.54) is 18.2 Å². The average molecular weight is 338 g/mol. The zero-order valence-corrected chi connectivity index (χ0v) is 12.0. The fourth-order valence-electron chi connectivity index (χ4n) is 1.69. The van der Waals surface area contributed by atoms with Crippen molar-refractivity contribution in [1.82, 2.24) is 0 Å². The molecule has 0 unspecified atom stereocenters. The van der Waals surface area contributed by atoms with E-state index >= 15 is 0 Å². The van der Waals surface area contributed by atoms with E-state index in [1.54, 1.807) is 0 Å². The molecule has 0 bridgehead atoms. The summed E-state index contributed by atoms with van der Waals surface area (Å²) < 4.78 is 50.8. The van der Waals surface area contributed by atoms with Crippen LogP contribution in [0.2, 0.25) is 10.0 Å². The fraction of sp³-hybridized carbons (Fsp3) is 0.143. The molecule has 21 heavy (non-hydrogen) atoms. The summed E-state index contributed by atoms with van der Waals surface area (Å²) >= 11 is 11.7. The Hall–Kier alpha value is -1.46. The second-order valence-corrected chi connectivity index (χ2v) is 5.10. The van der Waals surface area contributed by atoms with E-state index in [2.05, 4.69) is 5.32 Å². The number of benzene rings is 2. The quantitative estimate of drug-likeness (QED) is 0.701. The van der Waals surface area contributed by atoms with Crippen molar-refractivity contribution < 1.29 is 17.6 Å². The minimum atomic E-state index is -4.45. The lowest BCUT2D eigenvalue weighted by molar-refractivity contribution is -0.137. The Balaban J connectivity index is 2.19. The van der Waals surface area contributed by atoms with Crippen molar-refractivity contribution in [1.29, 1.82) is 0 Å². The van der Waals surface area contributed by atoms with Crippen LogP contribution in [-0.4, -0.2) is 0 Å². The summed E-state index contributed by atoms with van der Waals surface area (Å²) in [5, 5.41) is 3.10. The van der Waals surface area contributed by atoms with Crippen molar-refractivity contribution in [3.63, 3.8) is 0 Å². The molecule has 0 fully saturated rings. The third-order valence-electron chi connectivity index (χ3n) is 2.78. The van der Waals surface area contributed by atoms with Gasteiger partial charge in [0.2, 0.25) is 0 Å². The first-order chi connectivity index (χ1) is 9.77. The Bertz CT molecular complexity index is 656. The molecule has 0 saturated heterocycles. The van der Waals surface area contributed by atoms with Gasteiger partial charge in [0.15, 0.2) is 0 Å². The number of alkyl halides is 3. The van der Waals surface area contributed by atoms with Gasteiger partial charge in [0.25, 0.3) is 0 Å². The summed E-state index contributed by atoms with van der Waals surface area (Å²) in [7, 11) is 0. The molecule has 0 radical (unpaired) electrons. The van der Waals surface area contributed by atoms with E-state index in [1.807, 2.05) is 0 Å². The molecule has 0 atom stereocenters. The van der Waals surface area contributed by atoms with Gasteiger partial charge in [-0.25, -0.2) is 4.39 Å². The molecule has 0 aliphatic heterocycles. The van der Waals surface area contributed by atoms with Crippen molar-refractivity contribution in [2.45, 2.75) is 12.7 Å². The lowest BCUT2D eigenvalue weighted by Crippen LogP contribution is -2.07. The first-order valence-electron chi connectivity index (χ1n) is 5.82. The van der Waals surface area contributed by atoms with Gasteiger partial charge < -0.3 is 5.32 Å². The standard InChI is InChI=1S/C14H9Cl2F4N/c15-11-4-2-9(14(18,19)20)5-13(11)21-7-8-1-3-10(17)6-12(8)16/h1-6,21H,7H2. The molecule has 0 heterocycles. The van der Waals surface area contributed by atoms with Gasteiger partial charge in [-0.1, -0.05) is 29.3 Å². The Labute approximate surface area is 128 Å². The Morgan fingerprint density at radius 1 is 0.952 bits per heavy atom. The van der Waals surface area contributed by atoms with Gasteiger partial charge in [-0.05, 0) is 35.9 Å². The fourth-order valence-corrected chi connectivity index (χ4v) is 2.11. The summed E-state index contributed by atoms with van der Waals surface area (Å²) in [5.41, 5.74) is -0.127. The molecule has 2 rings (SSSR count). The van der Waals surface area contributed by atoms with Gasteiger partial charge in [0.05, 0.1) is 16.3 Å². The number of rotatable bonds is 3. The highest BCUT2D eigenvalue weighted by molar-refractivity contribution is 6.33. The van der Waals surface area contributed by atoms with E-state index in [0.29, 0.717) is 5.56 Å². The van der Waals surface area contributed by atoms with Crippen LogP contribution < -0.4 is 5.32 Å². The van der Waals surface area contributed by atoms with Gasteiger partial charge in [0.1, 0.15) is 5.82 Å². The van der Waals surface area contributed by atoms with Crippen LogP contribution in [0.15, 0.2) is 36.4 Å². The summed E-state index contributed by atoms with van der Waals surface area (Å²) in [6.45, 7) is 0.125. The van der Waals surface area contributed by atoms with Gasteiger partial charge in [-0.3, -0.25) is 0 Å². The monoisotopic (exact) mass is 337 g/mol. The molecular weight excluding hydrogens is 329 g/mol. The van der Waals surface area contributed by atoms with E-state index in [-0.39, 0.29) is 22.3 Å². The highest BCUT2D eigenvalue weighted by Gasteiger charge is 2.30. The maximum atomic E-state index is 12.9. The van der Waals surface area contributed by atoms with Crippen LogP contribution >= 0.6 is 23.2 Å². The number of hydrogen-bond acceptors (Lipinski definition) is 1. The molecule has 2 aromatic carbocycles. The van der Waals surface area contributed by atoms with Gasteiger partial charge in [-0.2, -0.15) is 13.2 Å². The third kappa shape index (κ3) is 4.02. The second kappa shape index (κ2) is 6.12. The summed E-state index contributed by atoms with van der Waals surface area (Å²) in [6.07, 6.45) is -4.45. The zero-order chi connectivity index (χ0) is 15.6. The maximum Gasteiger partial charge on any atom is 0.416 e. The summed E-state index contributed by atoms with van der Waals surface area (Å²) in [4.78, 5) is 0. The van der Waals surface area contributed by atoms with Crippen LogP contribution in [0.1, 0.15) is 11.1 Å². The van der Waals surface area contributed by atoms with Crippen LogP contribution in [0, 0.1) is 5.82 Å². The first-order valence-corrected chi connectivity index (χ1v) is 6.57. The smallest absolute Gasteiger partial charge is 0.380 e. The Morgan fingerprint density at radius 2 is 1.67 bits per heavy atom. The van der Waals surface area contributed by atoms with Gasteiger partial charge in [-0.15, -0.1) is 0 Å². The largest absolute Gasteiger partial charge is 0.416 e. The molecule has 0 aromatic heterocycles. The SMILES string of the molecule is Fc1ccc(CNc2cc(C(F)(F)F)ccc2Cl)c(Cl)c1. The minimum Gasteiger partial charge on any atom is -0.380 e. The predicted octanol–water partition coefficient (Wildman–Crippen LogP) is 5.76. The van der Waals surface area contributed by atoms with Gasteiger partial charge >= 0.3 is 6.18 Å². The number of halogens is 6. The molecule has 7 heteroatoms. The maximum absolute atomic E-state index is 12.9. The van der Waals surface area contributed by atoms with Crippen molar-refractivity contribution in [2.75, 3.05) is 5.32 Å². The van der Waals surface area contributed by atoms with E-state index < -0.39 is 17.6 Å². The van der Waals surface area contributed by atoms with E-state index in [4.69, 9.17) is 23.2 Å². The normalized spacial score (nSPS) is 11.5. The molecule has 0 amide bonds. The molecule has 1 N–H and O–H groups in total. The molecular formula is C14H9Cl2F4N. The second-order valence-electron chi connectivity index (χ2n) is 4.28. The van der Waals surface area contributed by atoms with Crippen LogP contribution in [0.25, 0.3) is 0 Å². The van der Waals surface area contributed by atoms with Crippen molar-refractivity contribution >= 4 is 28.9 Å². The average Bonchev–Trinajstić information content (AvgIpc) is 2.38. The number of hydrogen-bond donors (Lipinski definition) is 1. The number of anilines is 1. The highest BCUT2D eigenvalue weighted by Crippen LogP contribution is 2.34.